The number of benzene rings is 1. The lowest BCUT2D eigenvalue weighted by Gasteiger charge is -2.04. The Morgan fingerprint density at radius 2 is 2.05 bits per heavy atom. The van der Waals surface area contributed by atoms with Gasteiger partial charge in [-0.15, -0.1) is 0 Å². The normalized spacial score (nSPS) is 12.8. The molecule has 0 saturated heterocycles. The van der Waals surface area contributed by atoms with Crippen LogP contribution in [0.1, 0.15) is 27.9 Å². The quantitative estimate of drug-likeness (QED) is 0.786. The van der Waals surface area contributed by atoms with E-state index in [1.807, 2.05) is 12.1 Å². The highest BCUT2D eigenvalue weighted by Gasteiger charge is 2.12. The maximum absolute atomic E-state index is 12.0. The molecule has 1 aliphatic rings. The molecule has 2 heterocycles. The molecule has 0 saturated carbocycles. The summed E-state index contributed by atoms with van der Waals surface area (Å²) >= 11 is 0. The van der Waals surface area contributed by atoms with Crippen molar-refractivity contribution in [2.45, 2.75) is 19.3 Å². The largest absolute Gasteiger partial charge is 0.493 e. The summed E-state index contributed by atoms with van der Waals surface area (Å²) in [6.45, 7) is 0.773. The monoisotopic (exact) mass is 253 g/mol. The Kier molecular flexibility index (Phi) is 3.27. The molecule has 1 aliphatic heterocycles. The number of hydrogen-bond donors (Lipinski definition) is 0. The lowest BCUT2D eigenvalue weighted by atomic mass is 10.0. The summed E-state index contributed by atoms with van der Waals surface area (Å²) < 4.78 is 5.47. The average molecular weight is 253 g/mol. The number of aromatic nitrogens is 1. The third kappa shape index (κ3) is 2.65. The molecule has 96 valence electrons. The minimum atomic E-state index is 0.166. The standard InChI is InChI=1S/C16H15NO2/c18-15(13-5-8-17-9-6-13)3-1-12-2-4-16-14(11-12)7-10-19-16/h2,4-6,8-9,11H,1,3,7,10H2. The highest BCUT2D eigenvalue weighted by molar-refractivity contribution is 5.95. The maximum Gasteiger partial charge on any atom is 0.163 e. The van der Waals surface area contributed by atoms with E-state index in [1.165, 1.54) is 11.1 Å². The fraction of sp³-hybridized carbons (Fsp3) is 0.250. The molecule has 0 N–H and O–H groups in total. The number of nitrogens with zero attached hydrogens (tertiary/aromatic N) is 1. The number of hydrogen-bond acceptors (Lipinski definition) is 3. The van der Waals surface area contributed by atoms with Crippen molar-refractivity contribution in [1.82, 2.24) is 4.98 Å². The zero-order valence-electron chi connectivity index (χ0n) is 10.6. The number of Topliss-reactive ketones (excluding diaryl/α,β-unsaturated/α-hetero) is 1. The van der Waals surface area contributed by atoms with E-state index in [0.29, 0.717) is 6.42 Å². The number of ketones is 1. The summed E-state index contributed by atoms with van der Waals surface area (Å²) in [7, 11) is 0. The van der Waals surface area contributed by atoms with E-state index < -0.39 is 0 Å². The second kappa shape index (κ2) is 5.22. The molecule has 3 nitrogen and oxygen atoms in total. The van der Waals surface area contributed by atoms with Gasteiger partial charge in [0, 0.05) is 30.8 Å². The smallest absolute Gasteiger partial charge is 0.163 e. The van der Waals surface area contributed by atoms with Gasteiger partial charge in [-0.2, -0.15) is 0 Å². The fourth-order valence-electron chi connectivity index (χ4n) is 2.34. The first-order valence-electron chi connectivity index (χ1n) is 6.51. The molecule has 0 amide bonds. The lowest BCUT2D eigenvalue weighted by molar-refractivity contribution is 0.0982. The number of rotatable bonds is 4. The first-order chi connectivity index (χ1) is 9.33. The molecule has 0 fully saturated rings. The summed E-state index contributed by atoms with van der Waals surface area (Å²) in [4.78, 5) is 15.9. The van der Waals surface area contributed by atoms with Gasteiger partial charge in [0.2, 0.25) is 0 Å². The maximum atomic E-state index is 12.0. The molecule has 0 unspecified atom stereocenters. The van der Waals surface area contributed by atoms with E-state index in [9.17, 15) is 4.79 Å². The van der Waals surface area contributed by atoms with E-state index >= 15 is 0 Å². The fourth-order valence-corrected chi connectivity index (χ4v) is 2.34. The Bertz CT molecular complexity index is 593. The van der Waals surface area contributed by atoms with Gasteiger partial charge in [0.25, 0.3) is 0 Å². The Labute approximate surface area is 112 Å². The third-order valence-electron chi connectivity index (χ3n) is 3.40. The van der Waals surface area contributed by atoms with Crippen molar-refractivity contribution in [2.75, 3.05) is 6.61 Å². The molecule has 0 bridgehead atoms. The van der Waals surface area contributed by atoms with Crippen LogP contribution >= 0.6 is 0 Å². The zero-order chi connectivity index (χ0) is 13.1. The Morgan fingerprint density at radius 1 is 1.21 bits per heavy atom. The van der Waals surface area contributed by atoms with Crippen LogP contribution in [0.5, 0.6) is 5.75 Å². The molecule has 2 aromatic rings. The van der Waals surface area contributed by atoms with Gasteiger partial charge in [-0.05, 0) is 35.7 Å². The van der Waals surface area contributed by atoms with Crippen LogP contribution in [0.25, 0.3) is 0 Å². The minimum Gasteiger partial charge on any atom is -0.493 e. The molecular weight excluding hydrogens is 238 g/mol. The summed E-state index contributed by atoms with van der Waals surface area (Å²) in [6.07, 6.45) is 5.58. The SMILES string of the molecule is O=C(CCc1ccc2c(c1)CCO2)c1ccncc1. The Morgan fingerprint density at radius 3 is 2.89 bits per heavy atom. The van der Waals surface area contributed by atoms with Gasteiger partial charge in [-0.25, -0.2) is 0 Å². The molecule has 1 aromatic heterocycles. The van der Waals surface area contributed by atoms with Crippen LogP contribution in [0, 0.1) is 0 Å². The van der Waals surface area contributed by atoms with E-state index in [4.69, 9.17) is 4.74 Å². The number of carbonyl (C=O) groups excluding carboxylic acids is 1. The van der Waals surface area contributed by atoms with Crippen LogP contribution in [-0.2, 0) is 12.8 Å². The molecule has 0 atom stereocenters. The van der Waals surface area contributed by atoms with Gasteiger partial charge in [-0.1, -0.05) is 12.1 Å². The number of pyridine rings is 1. The molecule has 1 aromatic carbocycles. The van der Waals surface area contributed by atoms with Crippen molar-refractivity contribution in [2.24, 2.45) is 0 Å². The summed E-state index contributed by atoms with van der Waals surface area (Å²) in [6, 6.07) is 9.73. The van der Waals surface area contributed by atoms with E-state index in [-0.39, 0.29) is 5.78 Å². The van der Waals surface area contributed by atoms with Crippen LogP contribution in [0.2, 0.25) is 0 Å². The van der Waals surface area contributed by atoms with Crippen LogP contribution in [0.15, 0.2) is 42.7 Å². The number of fused-ring (bicyclic) bond motifs is 1. The van der Waals surface area contributed by atoms with Crippen molar-refractivity contribution in [3.63, 3.8) is 0 Å². The van der Waals surface area contributed by atoms with Crippen molar-refractivity contribution < 1.29 is 9.53 Å². The molecule has 0 radical (unpaired) electrons. The van der Waals surface area contributed by atoms with E-state index in [1.54, 1.807) is 24.5 Å². The second-order valence-electron chi connectivity index (χ2n) is 4.70. The van der Waals surface area contributed by atoms with Gasteiger partial charge < -0.3 is 4.74 Å². The zero-order valence-corrected chi connectivity index (χ0v) is 10.6. The third-order valence-corrected chi connectivity index (χ3v) is 3.40. The highest BCUT2D eigenvalue weighted by atomic mass is 16.5. The minimum absolute atomic E-state index is 0.166. The predicted octanol–water partition coefficient (Wildman–Crippen LogP) is 2.83. The van der Waals surface area contributed by atoms with E-state index in [0.717, 1.165) is 30.8 Å². The highest BCUT2D eigenvalue weighted by Crippen LogP contribution is 2.26. The van der Waals surface area contributed by atoms with Crippen LogP contribution in [0.3, 0.4) is 0 Å². The topological polar surface area (TPSA) is 39.2 Å². The van der Waals surface area contributed by atoms with Crippen molar-refractivity contribution in [3.05, 3.63) is 59.4 Å². The van der Waals surface area contributed by atoms with Crippen molar-refractivity contribution >= 4 is 5.78 Å². The van der Waals surface area contributed by atoms with Gasteiger partial charge in [-0.3, -0.25) is 9.78 Å². The van der Waals surface area contributed by atoms with Gasteiger partial charge in [0.05, 0.1) is 6.61 Å². The van der Waals surface area contributed by atoms with Crippen molar-refractivity contribution in [3.8, 4) is 5.75 Å². The first kappa shape index (κ1) is 11.9. The molecule has 3 rings (SSSR count). The van der Waals surface area contributed by atoms with Gasteiger partial charge in [0.1, 0.15) is 5.75 Å². The lowest BCUT2D eigenvalue weighted by Crippen LogP contribution is -2.01. The molecule has 19 heavy (non-hydrogen) atoms. The summed E-state index contributed by atoms with van der Waals surface area (Å²) in [5, 5.41) is 0. The number of ether oxygens (including phenoxy) is 1. The second-order valence-corrected chi connectivity index (χ2v) is 4.70. The molecule has 3 heteroatoms. The van der Waals surface area contributed by atoms with Crippen molar-refractivity contribution in [1.29, 1.82) is 0 Å². The average Bonchev–Trinajstić information content (AvgIpc) is 2.93. The Balaban J connectivity index is 1.65. The van der Waals surface area contributed by atoms with Crippen LogP contribution in [-0.4, -0.2) is 17.4 Å². The van der Waals surface area contributed by atoms with Gasteiger partial charge >= 0.3 is 0 Å². The molecule has 0 spiro atoms. The number of aryl methyl sites for hydroxylation is 1. The van der Waals surface area contributed by atoms with Crippen LogP contribution < -0.4 is 4.74 Å². The summed E-state index contributed by atoms with van der Waals surface area (Å²) in [5.74, 6) is 1.16. The molecular formula is C16H15NO2. The Hall–Kier alpha value is -2.16. The summed E-state index contributed by atoms with van der Waals surface area (Å²) in [5.41, 5.74) is 3.19. The first-order valence-corrected chi connectivity index (χ1v) is 6.51. The van der Waals surface area contributed by atoms with Crippen LogP contribution in [0.4, 0.5) is 0 Å². The number of carbonyl (C=O) groups is 1. The van der Waals surface area contributed by atoms with Gasteiger partial charge in [0.15, 0.2) is 5.78 Å². The predicted molar refractivity (Wildman–Crippen MR) is 72.5 cm³/mol. The van der Waals surface area contributed by atoms with E-state index in [2.05, 4.69) is 11.1 Å². The molecule has 0 aliphatic carbocycles.